The van der Waals surface area contributed by atoms with Crippen LogP contribution in [-0.4, -0.2) is 20.7 Å². The minimum absolute atomic E-state index is 0.109. The highest BCUT2D eigenvalue weighted by Gasteiger charge is 2.31. The molecule has 4 rings (SSSR count). The van der Waals surface area contributed by atoms with Gasteiger partial charge in [-0.15, -0.1) is 11.8 Å². The Morgan fingerprint density at radius 1 is 1.27 bits per heavy atom. The van der Waals surface area contributed by atoms with Gasteiger partial charge in [-0.3, -0.25) is 4.79 Å². The first-order valence-electron chi connectivity index (χ1n) is 8.40. The van der Waals surface area contributed by atoms with E-state index >= 15 is 0 Å². The van der Waals surface area contributed by atoms with Gasteiger partial charge in [0.15, 0.2) is 0 Å². The van der Waals surface area contributed by atoms with E-state index in [9.17, 15) is 9.18 Å². The van der Waals surface area contributed by atoms with Crippen molar-refractivity contribution >= 4 is 17.7 Å². The molecule has 26 heavy (non-hydrogen) atoms. The first kappa shape index (κ1) is 16.8. The third-order valence-electron chi connectivity index (χ3n) is 4.56. The summed E-state index contributed by atoms with van der Waals surface area (Å²) in [6, 6.07) is 13.9. The van der Waals surface area contributed by atoms with Crippen LogP contribution >= 0.6 is 11.8 Å². The van der Waals surface area contributed by atoms with Crippen molar-refractivity contribution in [1.82, 2.24) is 14.9 Å². The molecule has 0 unspecified atom stereocenters. The van der Waals surface area contributed by atoms with E-state index < -0.39 is 6.04 Å². The fourth-order valence-electron chi connectivity index (χ4n) is 3.21. The summed E-state index contributed by atoms with van der Waals surface area (Å²) in [5.41, 5.74) is 1.59. The van der Waals surface area contributed by atoms with Crippen molar-refractivity contribution in [2.45, 2.75) is 22.6 Å². The number of aryl methyl sites for hydroxylation is 1. The topological polar surface area (TPSA) is 46.9 Å². The molecule has 0 aliphatic carbocycles. The molecule has 6 heteroatoms. The standard InChI is InChI=1S/C20H18FN3OS/c1-24-11-10-22-19(24)18(14-7-3-4-8-15(14)21)23-20(25)17-12-13-6-2-5-9-16(13)26-17/h2-11,17-18H,12H2,1H3,(H,23,25)/t17-,18+/m1/s1. The van der Waals surface area contributed by atoms with E-state index in [-0.39, 0.29) is 17.0 Å². The molecule has 0 radical (unpaired) electrons. The van der Waals surface area contributed by atoms with Gasteiger partial charge >= 0.3 is 0 Å². The van der Waals surface area contributed by atoms with E-state index in [1.807, 2.05) is 31.3 Å². The van der Waals surface area contributed by atoms with Gasteiger partial charge in [0, 0.05) is 29.9 Å². The van der Waals surface area contributed by atoms with Crippen molar-refractivity contribution in [2.24, 2.45) is 7.05 Å². The van der Waals surface area contributed by atoms with Gasteiger partial charge in [0.2, 0.25) is 5.91 Å². The fraction of sp³-hybridized carbons (Fsp3) is 0.200. The van der Waals surface area contributed by atoms with Gasteiger partial charge in [0.25, 0.3) is 0 Å². The number of hydrogen-bond donors (Lipinski definition) is 1. The van der Waals surface area contributed by atoms with Crippen LogP contribution in [0.5, 0.6) is 0 Å². The Morgan fingerprint density at radius 2 is 2.04 bits per heavy atom. The van der Waals surface area contributed by atoms with Crippen LogP contribution in [0.15, 0.2) is 65.8 Å². The maximum Gasteiger partial charge on any atom is 0.234 e. The third kappa shape index (κ3) is 3.12. The van der Waals surface area contributed by atoms with Gasteiger partial charge in [-0.1, -0.05) is 36.4 Å². The number of nitrogens with one attached hydrogen (secondary N) is 1. The van der Waals surface area contributed by atoms with Crippen LogP contribution < -0.4 is 5.32 Å². The number of carbonyl (C=O) groups is 1. The Morgan fingerprint density at radius 3 is 2.77 bits per heavy atom. The average Bonchev–Trinajstić information content (AvgIpc) is 3.26. The molecule has 4 nitrogen and oxygen atoms in total. The number of hydrogen-bond acceptors (Lipinski definition) is 3. The Hall–Kier alpha value is -2.60. The van der Waals surface area contributed by atoms with Crippen LogP contribution in [0.4, 0.5) is 4.39 Å². The summed E-state index contributed by atoms with van der Waals surface area (Å²) in [6.07, 6.45) is 4.11. The van der Waals surface area contributed by atoms with Gasteiger partial charge in [0.05, 0.1) is 5.25 Å². The SMILES string of the molecule is Cn1ccnc1[C@@H](NC(=O)[C@H]1Cc2ccccc2S1)c1ccccc1F. The van der Waals surface area contributed by atoms with Crippen LogP contribution in [0.1, 0.15) is 23.0 Å². The molecule has 2 atom stereocenters. The van der Waals surface area contributed by atoms with Gasteiger partial charge in [-0.25, -0.2) is 9.37 Å². The van der Waals surface area contributed by atoms with Crippen LogP contribution in [0.3, 0.4) is 0 Å². The first-order valence-corrected chi connectivity index (χ1v) is 9.28. The Bertz CT molecular complexity index is 930. The second-order valence-corrected chi connectivity index (χ2v) is 7.52. The smallest absolute Gasteiger partial charge is 0.234 e. The third-order valence-corrected chi connectivity index (χ3v) is 5.88. The summed E-state index contributed by atoms with van der Waals surface area (Å²) in [4.78, 5) is 18.4. The van der Waals surface area contributed by atoms with Crippen LogP contribution in [0, 0.1) is 5.82 Å². The number of aromatic nitrogens is 2. The maximum absolute atomic E-state index is 14.4. The Kier molecular flexibility index (Phi) is 4.51. The van der Waals surface area contributed by atoms with Crippen molar-refractivity contribution in [2.75, 3.05) is 0 Å². The molecule has 0 bridgehead atoms. The average molecular weight is 367 g/mol. The van der Waals surface area contributed by atoms with E-state index in [0.29, 0.717) is 17.8 Å². The zero-order valence-electron chi connectivity index (χ0n) is 14.2. The molecule has 3 aromatic rings. The zero-order chi connectivity index (χ0) is 18.1. The molecule has 0 spiro atoms. The number of rotatable bonds is 4. The molecule has 0 saturated carbocycles. The summed E-state index contributed by atoms with van der Waals surface area (Å²) in [6.45, 7) is 0. The van der Waals surface area contributed by atoms with E-state index in [4.69, 9.17) is 0 Å². The van der Waals surface area contributed by atoms with E-state index in [2.05, 4.69) is 10.3 Å². The van der Waals surface area contributed by atoms with Crippen molar-refractivity contribution in [3.63, 3.8) is 0 Å². The number of halogens is 1. The van der Waals surface area contributed by atoms with Crippen LogP contribution in [-0.2, 0) is 18.3 Å². The van der Waals surface area contributed by atoms with Gasteiger partial charge < -0.3 is 9.88 Å². The molecule has 2 aromatic carbocycles. The van der Waals surface area contributed by atoms with E-state index in [1.54, 1.807) is 46.9 Å². The summed E-state index contributed by atoms with van der Waals surface area (Å²) < 4.78 is 16.2. The summed E-state index contributed by atoms with van der Waals surface area (Å²) in [7, 11) is 1.84. The molecular weight excluding hydrogens is 349 g/mol. The molecule has 2 heterocycles. The molecule has 1 aliphatic rings. The van der Waals surface area contributed by atoms with Crippen LogP contribution in [0.25, 0.3) is 0 Å². The monoisotopic (exact) mass is 367 g/mol. The lowest BCUT2D eigenvalue weighted by molar-refractivity contribution is -0.121. The number of imidazole rings is 1. The zero-order valence-corrected chi connectivity index (χ0v) is 15.0. The molecule has 1 amide bonds. The second-order valence-electron chi connectivity index (χ2n) is 6.28. The lowest BCUT2D eigenvalue weighted by Crippen LogP contribution is -2.37. The number of amides is 1. The van der Waals surface area contributed by atoms with E-state index in [0.717, 1.165) is 4.90 Å². The second kappa shape index (κ2) is 6.96. The predicted molar refractivity (Wildman–Crippen MR) is 99.4 cm³/mol. The fourth-order valence-corrected chi connectivity index (χ4v) is 4.41. The number of benzene rings is 2. The normalized spacial score (nSPS) is 16.9. The van der Waals surface area contributed by atoms with Crippen molar-refractivity contribution < 1.29 is 9.18 Å². The highest BCUT2D eigenvalue weighted by molar-refractivity contribution is 8.01. The summed E-state index contributed by atoms with van der Waals surface area (Å²) in [5.74, 6) is 0.134. The summed E-state index contributed by atoms with van der Waals surface area (Å²) in [5, 5.41) is 2.79. The Labute approximate surface area is 155 Å². The highest BCUT2D eigenvalue weighted by Crippen LogP contribution is 2.37. The Balaban J connectivity index is 1.61. The molecule has 0 fully saturated rings. The van der Waals surface area contributed by atoms with Crippen molar-refractivity contribution in [3.8, 4) is 0 Å². The molecule has 0 saturated heterocycles. The number of nitrogens with zero attached hydrogens (tertiary/aromatic N) is 2. The molecular formula is C20H18FN3OS. The number of carbonyl (C=O) groups excluding carboxylic acids is 1. The minimum atomic E-state index is -0.631. The van der Waals surface area contributed by atoms with Crippen molar-refractivity contribution in [3.05, 3.63) is 83.7 Å². The van der Waals surface area contributed by atoms with E-state index in [1.165, 1.54) is 11.6 Å². The van der Waals surface area contributed by atoms with Crippen molar-refractivity contribution in [1.29, 1.82) is 0 Å². The molecule has 1 aromatic heterocycles. The largest absolute Gasteiger partial charge is 0.341 e. The van der Waals surface area contributed by atoms with Gasteiger partial charge in [-0.2, -0.15) is 0 Å². The lowest BCUT2D eigenvalue weighted by Gasteiger charge is -2.21. The predicted octanol–water partition coefficient (Wildman–Crippen LogP) is 3.48. The molecule has 1 N–H and O–H groups in total. The maximum atomic E-state index is 14.4. The van der Waals surface area contributed by atoms with Gasteiger partial charge in [0.1, 0.15) is 17.7 Å². The first-order chi connectivity index (χ1) is 12.6. The quantitative estimate of drug-likeness (QED) is 0.768. The number of fused-ring (bicyclic) bond motifs is 1. The minimum Gasteiger partial charge on any atom is -0.341 e. The molecule has 132 valence electrons. The van der Waals surface area contributed by atoms with Gasteiger partial charge in [-0.05, 0) is 24.1 Å². The summed E-state index contributed by atoms with van der Waals surface area (Å²) >= 11 is 1.55. The van der Waals surface area contributed by atoms with Crippen LogP contribution in [0.2, 0.25) is 0 Å². The number of thioether (sulfide) groups is 1. The highest BCUT2D eigenvalue weighted by atomic mass is 32.2. The molecule has 1 aliphatic heterocycles. The lowest BCUT2D eigenvalue weighted by atomic mass is 10.0.